The van der Waals surface area contributed by atoms with Crippen LogP contribution in [0.15, 0.2) is 0 Å². The van der Waals surface area contributed by atoms with E-state index in [1.54, 1.807) is 13.8 Å². The second-order valence-corrected chi connectivity index (χ2v) is 3.82. The second kappa shape index (κ2) is 22.4. The summed E-state index contributed by atoms with van der Waals surface area (Å²) in [5.41, 5.74) is 0. The maximum Gasteiger partial charge on any atom is 0.267 e. The number of phosphoric ester groups is 1. The maximum atomic E-state index is 10.2. The van der Waals surface area contributed by atoms with Crippen LogP contribution in [0, 0.1) is 0 Å². The van der Waals surface area contributed by atoms with E-state index in [1.807, 2.05) is 0 Å². The van der Waals surface area contributed by atoms with Gasteiger partial charge in [0.2, 0.25) is 0 Å². The van der Waals surface area contributed by atoms with Crippen molar-refractivity contribution in [1.82, 2.24) is 0 Å². The van der Waals surface area contributed by atoms with Crippen molar-refractivity contribution in [2.75, 3.05) is 20.3 Å². The minimum Gasteiger partial charge on any atom is -0.756 e. The molecule has 0 rings (SSSR count). The van der Waals surface area contributed by atoms with Crippen molar-refractivity contribution in [1.29, 1.82) is 0 Å². The van der Waals surface area contributed by atoms with Crippen LogP contribution in [-0.4, -0.2) is 29.1 Å². The van der Waals surface area contributed by atoms with Gasteiger partial charge in [-0.25, -0.2) is 4.21 Å². The molecule has 9 heteroatoms. The Morgan fingerprint density at radius 3 is 1.56 bits per heavy atom. The van der Waals surface area contributed by atoms with Crippen LogP contribution in [0.1, 0.15) is 43.6 Å². The molecule has 0 aliphatic carbocycles. The van der Waals surface area contributed by atoms with Crippen LogP contribution in [0.3, 0.4) is 0 Å². The highest BCUT2D eigenvalue weighted by Gasteiger charge is 2.01. The van der Waals surface area contributed by atoms with Gasteiger partial charge in [-0.1, -0.05) is 29.7 Å². The summed E-state index contributed by atoms with van der Waals surface area (Å²) in [4.78, 5) is 10.2. The maximum absolute atomic E-state index is 10.2. The highest BCUT2D eigenvalue weighted by Crippen LogP contribution is 2.36. The molecule has 0 bridgehead atoms. The van der Waals surface area contributed by atoms with Gasteiger partial charge < -0.3 is 22.7 Å². The van der Waals surface area contributed by atoms with Crippen molar-refractivity contribution < 1.29 is 31.5 Å². The summed E-state index contributed by atoms with van der Waals surface area (Å²) in [6.45, 7) is 3.52. The smallest absolute Gasteiger partial charge is 0.267 e. The van der Waals surface area contributed by atoms with Crippen molar-refractivity contribution in [2.24, 2.45) is 0 Å². The topological polar surface area (TPSA) is 108 Å². The largest absolute Gasteiger partial charge is 0.756 e. The lowest BCUT2D eigenvalue weighted by atomic mass is 10.9. The first-order chi connectivity index (χ1) is 6.39. The van der Waals surface area contributed by atoms with E-state index in [-0.39, 0.29) is 42.9 Å². The van der Waals surface area contributed by atoms with Crippen molar-refractivity contribution in [3.05, 3.63) is 0 Å². The highest BCUT2D eigenvalue weighted by atomic mass is 32.2. The van der Waals surface area contributed by atoms with Gasteiger partial charge in [-0.15, -0.1) is 0 Å². The predicted molar refractivity (Wildman–Crippen MR) is 73.7 cm³/mol. The summed E-state index contributed by atoms with van der Waals surface area (Å²) in [6, 6.07) is 0. The first-order valence-corrected chi connectivity index (χ1v) is 6.09. The number of hydrogen-bond donors (Lipinski definition) is 0. The lowest BCUT2D eigenvalue weighted by Gasteiger charge is -2.18. The fraction of sp³-hybridized carbons (Fsp3) is 1.00. The molecule has 0 saturated heterocycles. The molecule has 0 saturated carbocycles. The average Bonchev–Trinajstić information content (AvgIpc) is 2.05. The van der Waals surface area contributed by atoms with Crippen molar-refractivity contribution in [2.45, 2.75) is 43.6 Å². The van der Waals surface area contributed by atoms with Gasteiger partial charge in [0.15, 0.2) is 0 Å². The molecular weight excluding hydrogens is 283 g/mol. The van der Waals surface area contributed by atoms with Crippen LogP contribution in [0.25, 0.3) is 0 Å². The van der Waals surface area contributed by atoms with Crippen LogP contribution in [-0.2, 0) is 29.2 Å². The highest BCUT2D eigenvalue weighted by molar-refractivity contribution is 7.74. The molecule has 0 radical (unpaired) electrons. The molecule has 2 unspecified atom stereocenters. The Bertz CT molecular complexity index is 201. The molecule has 120 valence electrons. The Morgan fingerprint density at radius 1 is 1.11 bits per heavy atom. The molecule has 2 atom stereocenters. The number of hydrogen-bond acceptors (Lipinski definition) is 7. The van der Waals surface area contributed by atoms with E-state index < -0.39 is 19.2 Å². The Balaban J connectivity index is -0.0000000335. The van der Waals surface area contributed by atoms with Crippen molar-refractivity contribution >= 4 is 19.2 Å². The van der Waals surface area contributed by atoms with Gasteiger partial charge in [0.25, 0.3) is 7.82 Å². The predicted octanol–water partition coefficient (Wildman–Crippen LogP) is 2.50. The lowest BCUT2D eigenvalue weighted by Crippen LogP contribution is -2.05. The normalized spacial score (nSPS) is 12.7. The SMILES string of the molecule is C.C.C.C.CCOP(=O)([O-])OC.CCOS(=O)[O-]. The zero-order chi connectivity index (χ0) is 11.6. The van der Waals surface area contributed by atoms with E-state index in [2.05, 4.69) is 13.2 Å². The Labute approximate surface area is 115 Å². The standard InChI is InChI=1S/C3H9O4P.C2H6O3S.4CH4/c1-3-7-8(4,5)6-2;1-2-5-6(3)4;;;;/h3H2,1-2H3,(H,4,5);2H2,1H3,(H,3,4);4*1H4/p-2. The third-order valence-corrected chi connectivity index (χ3v) is 2.17. The molecule has 0 N–H and O–H groups in total. The lowest BCUT2D eigenvalue weighted by molar-refractivity contribution is -0.222. The second-order valence-electron chi connectivity index (χ2n) is 1.66. The van der Waals surface area contributed by atoms with Gasteiger partial charge >= 0.3 is 0 Å². The first kappa shape index (κ1) is 36.2. The third-order valence-electron chi connectivity index (χ3n) is 0.725. The van der Waals surface area contributed by atoms with E-state index in [9.17, 15) is 18.2 Å². The van der Waals surface area contributed by atoms with Gasteiger partial charge in [-0.3, -0.25) is 4.57 Å². The molecule has 0 aromatic heterocycles. The Hall–Kier alpha value is 0.180. The van der Waals surface area contributed by atoms with Crippen molar-refractivity contribution in [3.8, 4) is 0 Å². The molecule has 18 heavy (non-hydrogen) atoms. The zero-order valence-electron chi connectivity index (χ0n) is 8.13. The molecule has 0 aliphatic rings. The fourth-order valence-electron chi connectivity index (χ4n) is 0.307. The van der Waals surface area contributed by atoms with E-state index in [0.717, 1.165) is 7.11 Å². The van der Waals surface area contributed by atoms with E-state index >= 15 is 0 Å². The van der Waals surface area contributed by atoms with E-state index in [1.165, 1.54) is 0 Å². The fourth-order valence-corrected chi connectivity index (χ4v) is 0.921. The monoisotopic (exact) mass is 312 g/mol. The number of rotatable bonds is 5. The first-order valence-electron chi connectivity index (χ1n) is 3.63. The molecule has 0 heterocycles. The average molecular weight is 312 g/mol. The van der Waals surface area contributed by atoms with Gasteiger partial charge in [0.05, 0.1) is 24.6 Å². The van der Waals surface area contributed by atoms with Gasteiger partial charge in [-0.2, -0.15) is 0 Å². The van der Waals surface area contributed by atoms with Crippen LogP contribution in [0.2, 0.25) is 0 Å². The van der Waals surface area contributed by atoms with Gasteiger partial charge in [-0.05, 0) is 13.8 Å². The minimum atomic E-state index is -3.92. The van der Waals surface area contributed by atoms with E-state index in [4.69, 9.17) is 0 Å². The van der Waals surface area contributed by atoms with Crippen molar-refractivity contribution in [3.63, 3.8) is 0 Å². The summed E-state index contributed by atoms with van der Waals surface area (Å²) in [7, 11) is -2.86. The minimum absolute atomic E-state index is 0. The third kappa shape index (κ3) is 36.0. The molecule has 7 nitrogen and oxygen atoms in total. The Kier molecular flexibility index (Phi) is 44.9. The van der Waals surface area contributed by atoms with Gasteiger partial charge in [0.1, 0.15) is 0 Å². The summed E-state index contributed by atoms with van der Waals surface area (Å²) in [5.74, 6) is 0. The summed E-state index contributed by atoms with van der Waals surface area (Å²) in [6.07, 6.45) is 0. The zero-order valence-corrected chi connectivity index (χ0v) is 9.84. The summed E-state index contributed by atoms with van der Waals surface area (Å²) < 4.78 is 41.0. The molecule has 0 amide bonds. The number of phosphoric acid groups is 1. The van der Waals surface area contributed by atoms with Crippen LogP contribution < -0.4 is 4.89 Å². The van der Waals surface area contributed by atoms with Crippen LogP contribution in [0.4, 0.5) is 0 Å². The molecule has 0 aliphatic heterocycles. The van der Waals surface area contributed by atoms with E-state index in [0.29, 0.717) is 0 Å². The molecule has 0 fully saturated rings. The van der Waals surface area contributed by atoms with Gasteiger partial charge in [0, 0.05) is 7.11 Å². The molecular formula is C9H29O7PS-2. The quantitative estimate of drug-likeness (QED) is 0.566. The van der Waals surface area contributed by atoms with Crippen LogP contribution >= 0.6 is 7.82 Å². The Morgan fingerprint density at radius 2 is 1.50 bits per heavy atom. The summed E-state index contributed by atoms with van der Waals surface area (Å²) in [5, 5.41) is 0. The molecule has 0 aromatic carbocycles. The molecule has 0 spiro atoms. The summed E-state index contributed by atoms with van der Waals surface area (Å²) >= 11 is -2.32. The van der Waals surface area contributed by atoms with Crippen LogP contribution in [0.5, 0.6) is 0 Å². The molecule has 0 aromatic rings.